The fourth-order valence-electron chi connectivity index (χ4n) is 3.87. The number of aryl methyl sites for hydroxylation is 2. The van der Waals surface area contributed by atoms with Crippen molar-refractivity contribution in [1.82, 2.24) is 0 Å². The maximum atomic E-state index is 14.7. The quantitative estimate of drug-likeness (QED) is 0.348. The summed E-state index contributed by atoms with van der Waals surface area (Å²) in [4.78, 5) is 27.0. The van der Waals surface area contributed by atoms with Crippen LogP contribution in [0.15, 0.2) is 66.2 Å². The molecule has 162 valence electrons. The van der Waals surface area contributed by atoms with E-state index in [0.717, 1.165) is 22.6 Å². The van der Waals surface area contributed by atoms with E-state index >= 15 is 0 Å². The van der Waals surface area contributed by atoms with Crippen LogP contribution in [-0.2, 0) is 9.59 Å². The van der Waals surface area contributed by atoms with Crippen molar-refractivity contribution in [3.05, 3.63) is 100 Å². The fraction of sp³-hybridized carbons (Fsp3) is 0.120. The van der Waals surface area contributed by atoms with Gasteiger partial charge in [-0.1, -0.05) is 29.8 Å². The zero-order valence-corrected chi connectivity index (χ0v) is 17.3. The number of nitrogens with zero attached hydrogens (tertiary/aromatic N) is 1. The lowest BCUT2D eigenvalue weighted by molar-refractivity contribution is -0.132. The van der Waals surface area contributed by atoms with Crippen molar-refractivity contribution < 1.29 is 28.6 Å². The number of aromatic hydroxyl groups is 1. The zero-order chi connectivity index (χ0) is 23.2. The molecule has 7 heteroatoms. The number of halogens is 2. The Morgan fingerprint density at radius 3 is 2.28 bits per heavy atom. The van der Waals surface area contributed by atoms with Crippen LogP contribution in [0.4, 0.5) is 14.5 Å². The minimum absolute atomic E-state index is 0.0480. The molecule has 0 radical (unpaired) electrons. The number of aliphatic hydroxyl groups excluding tert-OH is 1. The maximum Gasteiger partial charge on any atom is 0.300 e. The first-order chi connectivity index (χ1) is 15.2. The second-order valence-corrected chi connectivity index (χ2v) is 7.67. The highest BCUT2D eigenvalue weighted by Gasteiger charge is 2.47. The fourth-order valence-corrected chi connectivity index (χ4v) is 3.87. The van der Waals surface area contributed by atoms with Gasteiger partial charge in [0.25, 0.3) is 11.7 Å². The van der Waals surface area contributed by atoms with Crippen molar-refractivity contribution in [2.45, 2.75) is 19.9 Å². The molecule has 1 fully saturated rings. The molecule has 1 heterocycles. The van der Waals surface area contributed by atoms with Crippen LogP contribution in [0.5, 0.6) is 5.75 Å². The molecule has 0 spiro atoms. The number of benzene rings is 3. The van der Waals surface area contributed by atoms with Crippen LogP contribution in [0, 0.1) is 25.5 Å². The number of anilines is 1. The highest BCUT2D eigenvalue weighted by atomic mass is 19.1. The van der Waals surface area contributed by atoms with Crippen molar-refractivity contribution in [3.63, 3.8) is 0 Å². The van der Waals surface area contributed by atoms with E-state index in [4.69, 9.17) is 0 Å². The monoisotopic (exact) mass is 435 g/mol. The van der Waals surface area contributed by atoms with E-state index in [1.54, 1.807) is 19.1 Å². The summed E-state index contributed by atoms with van der Waals surface area (Å²) in [6.07, 6.45) is 0. The van der Waals surface area contributed by atoms with Crippen LogP contribution in [-0.4, -0.2) is 21.9 Å². The Balaban J connectivity index is 2.00. The molecule has 0 aromatic heterocycles. The second kappa shape index (κ2) is 7.92. The van der Waals surface area contributed by atoms with Crippen LogP contribution < -0.4 is 4.90 Å². The molecule has 0 aliphatic carbocycles. The molecule has 4 rings (SSSR count). The van der Waals surface area contributed by atoms with Gasteiger partial charge in [-0.2, -0.15) is 0 Å². The number of aliphatic hydroxyl groups is 1. The third kappa shape index (κ3) is 3.51. The van der Waals surface area contributed by atoms with Gasteiger partial charge in [0.15, 0.2) is 0 Å². The van der Waals surface area contributed by atoms with Gasteiger partial charge in [0, 0.05) is 11.6 Å². The van der Waals surface area contributed by atoms with Gasteiger partial charge in [-0.05, 0) is 55.3 Å². The van der Waals surface area contributed by atoms with E-state index in [2.05, 4.69) is 0 Å². The summed E-state index contributed by atoms with van der Waals surface area (Å²) in [6, 6.07) is 12.4. The van der Waals surface area contributed by atoms with Gasteiger partial charge >= 0.3 is 0 Å². The van der Waals surface area contributed by atoms with Crippen LogP contribution >= 0.6 is 0 Å². The summed E-state index contributed by atoms with van der Waals surface area (Å²) in [6.45, 7) is 3.57. The highest BCUT2D eigenvalue weighted by Crippen LogP contribution is 2.43. The van der Waals surface area contributed by atoms with E-state index < -0.39 is 35.1 Å². The molecule has 5 nitrogen and oxygen atoms in total. The number of Topliss-reactive ketones (excluding diaryl/α,β-unsaturated/α-hetero) is 1. The van der Waals surface area contributed by atoms with Gasteiger partial charge in [-0.15, -0.1) is 0 Å². The third-order valence-electron chi connectivity index (χ3n) is 5.47. The van der Waals surface area contributed by atoms with Gasteiger partial charge in [0.05, 0.1) is 17.3 Å². The standard InChI is InChI=1S/C25H19F2NO4/c1-13-3-4-14(2)18(11-13)23(30)21-22(15-5-8-17(29)9-6-15)28(25(32)24(21)31)20-10-7-16(26)12-19(20)27/h3-12,22,29-30H,1-2H3/b23-21+. The second-order valence-electron chi connectivity index (χ2n) is 7.67. The number of phenols is 1. The van der Waals surface area contributed by atoms with Crippen LogP contribution in [0.25, 0.3) is 5.76 Å². The molecule has 1 aliphatic heterocycles. The number of rotatable bonds is 3. The molecule has 32 heavy (non-hydrogen) atoms. The van der Waals surface area contributed by atoms with Crippen molar-refractivity contribution in [1.29, 1.82) is 0 Å². The van der Waals surface area contributed by atoms with Crippen LogP contribution in [0.2, 0.25) is 0 Å². The summed E-state index contributed by atoms with van der Waals surface area (Å²) >= 11 is 0. The molecule has 1 saturated heterocycles. The number of carbonyl (C=O) groups is 2. The predicted molar refractivity (Wildman–Crippen MR) is 115 cm³/mol. The van der Waals surface area contributed by atoms with E-state index in [1.165, 1.54) is 24.3 Å². The number of phenolic OH excluding ortho intramolecular Hbond substituents is 1. The lowest BCUT2D eigenvalue weighted by Gasteiger charge is -2.26. The van der Waals surface area contributed by atoms with Gasteiger partial charge in [-0.25, -0.2) is 8.78 Å². The molecule has 1 amide bonds. The Labute approximate surface area is 182 Å². The molecule has 1 aliphatic rings. The largest absolute Gasteiger partial charge is 0.508 e. The molecular weight excluding hydrogens is 416 g/mol. The van der Waals surface area contributed by atoms with Crippen molar-refractivity contribution in [3.8, 4) is 5.75 Å². The number of hydrogen-bond acceptors (Lipinski definition) is 4. The molecule has 3 aromatic rings. The average Bonchev–Trinajstić information content (AvgIpc) is 3.01. The van der Waals surface area contributed by atoms with E-state index in [9.17, 15) is 28.6 Å². The van der Waals surface area contributed by atoms with E-state index in [-0.39, 0.29) is 17.0 Å². The van der Waals surface area contributed by atoms with Gasteiger partial charge in [-0.3, -0.25) is 14.5 Å². The first kappa shape index (κ1) is 21.2. The van der Waals surface area contributed by atoms with Crippen molar-refractivity contribution in [2.75, 3.05) is 4.90 Å². The van der Waals surface area contributed by atoms with Gasteiger partial charge in [0.1, 0.15) is 23.1 Å². The Bertz CT molecular complexity index is 1280. The molecule has 1 atom stereocenters. The first-order valence-corrected chi connectivity index (χ1v) is 9.81. The van der Waals surface area contributed by atoms with Crippen molar-refractivity contribution in [2.24, 2.45) is 0 Å². The van der Waals surface area contributed by atoms with E-state index in [0.29, 0.717) is 22.8 Å². The Morgan fingerprint density at radius 2 is 1.62 bits per heavy atom. The zero-order valence-electron chi connectivity index (χ0n) is 17.3. The molecule has 0 bridgehead atoms. The molecule has 2 N–H and O–H groups in total. The molecular formula is C25H19F2NO4. The van der Waals surface area contributed by atoms with Gasteiger partial charge < -0.3 is 10.2 Å². The highest BCUT2D eigenvalue weighted by molar-refractivity contribution is 6.51. The Morgan fingerprint density at radius 1 is 0.938 bits per heavy atom. The van der Waals surface area contributed by atoms with Gasteiger partial charge in [0.2, 0.25) is 0 Å². The smallest absolute Gasteiger partial charge is 0.300 e. The summed E-state index contributed by atoms with van der Waals surface area (Å²) in [5.74, 6) is -4.35. The number of amides is 1. The minimum atomic E-state index is -1.18. The lowest BCUT2D eigenvalue weighted by Crippen LogP contribution is -2.30. The summed E-state index contributed by atoms with van der Waals surface area (Å²) in [7, 11) is 0. The predicted octanol–water partition coefficient (Wildman–Crippen LogP) is 4.91. The summed E-state index contributed by atoms with van der Waals surface area (Å²) in [5, 5.41) is 20.8. The minimum Gasteiger partial charge on any atom is -0.508 e. The maximum absolute atomic E-state index is 14.7. The van der Waals surface area contributed by atoms with Crippen LogP contribution in [0.1, 0.15) is 28.3 Å². The SMILES string of the molecule is Cc1ccc(C)c(/C(O)=C2\C(=O)C(=O)N(c3ccc(F)cc3F)C2c2ccc(O)cc2)c1. The number of carbonyl (C=O) groups excluding carboxylic acids is 2. The lowest BCUT2D eigenvalue weighted by atomic mass is 9.93. The summed E-state index contributed by atoms with van der Waals surface area (Å²) < 4.78 is 28.2. The van der Waals surface area contributed by atoms with Crippen molar-refractivity contribution >= 4 is 23.1 Å². The molecule has 1 unspecified atom stereocenters. The average molecular weight is 435 g/mol. The number of hydrogen-bond donors (Lipinski definition) is 2. The topological polar surface area (TPSA) is 77.8 Å². The Kier molecular flexibility index (Phi) is 5.26. The molecule has 3 aromatic carbocycles. The van der Waals surface area contributed by atoms with E-state index in [1.807, 2.05) is 13.0 Å². The molecule has 0 saturated carbocycles. The Hall–Kier alpha value is -4.00. The first-order valence-electron chi connectivity index (χ1n) is 9.81. The summed E-state index contributed by atoms with van der Waals surface area (Å²) in [5.41, 5.74) is 1.71. The third-order valence-corrected chi connectivity index (χ3v) is 5.47. The normalized spacial score (nSPS) is 17.8. The number of ketones is 1. The van der Waals surface area contributed by atoms with Crippen LogP contribution in [0.3, 0.4) is 0 Å².